The smallest absolute Gasteiger partial charge is 0.175 e. The van der Waals surface area contributed by atoms with Gasteiger partial charge >= 0.3 is 0 Å². The zero-order valence-corrected chi connectivity index (χ0v) is 8.91. The molecule has 2 N–H and O–H groups in total. The van der Waals surface area contributed by atoms with Crippen molar-refractivity contribution in [3.05, 3.63) is 29.8 Å². The maximum Gasteiger partial charge on any atom is 0.175 e. The molecule has 1 unspecified atom stereocenters. The zero-order valence-electron chi connectivity index (χ0n) is 6.75. The fourth-order valence-electron chi connectivity index (χ4n) is 1.39. The molecule has 2 nitrogen and oxygen atoms in total. The van der Waals surface area contributed by atoms with Gasteiger partial charge in [0.25, 0.3) is 0 Å². The summed E-state index contributed by atoms with van der Waals surface area (Å²) in [5, 5.41) is 0. The number of ether oxygens (including phenoxy) is 1. The van der Waals surface area contributed by atoms with Gasteiger partial charge in [-0.2, -0.15) is 0 Å². The maximum absolute atomic E-state index is 5.99. The van der Waals surface area contributed by atoms with Gasteiger partial charge in [0.15, 0.2) is 3.61 Å². The third-order valence-electron chi connectivity index (χ3n) is 2.12. The fraction of sp³-hybridized carbons (Fsp3) is 0.333. The largest absolute Gasteiger partial charge is 0.475 e. The van der Waals surface area contributed by atoms with E-state index >= 15 is 0 Å². The molecule has 0 bridgehead atoms. The topological polar surface area (TPSA) is 35.2 Å². The predicted molar refractivity (Wildman–Crippen MR) is 56.4 cm³/mol. The highest BCUT2D eigenvalue weighted by molar-refractivity contribution is 14.1. The summed E-state index contributed by atoms with van der Waals surface area (Å²) in [6.45, 7) is 2.00. The zero-order chi connectivity index (χ0) is 8.77. The minimum absolute atomic E-state index is 0.0192. The van der Waals surface area contributed by atoms with Gasteiger partial charge in [0.2, 0.25) is 0 Å². The van der Waals surface area contributed by atoms with E-state index in [4.69, 9.17) is 10.5 Å². The van der Waals surface area contributed by atoms with Crippen molar-refractivity contribution in [3.63, 3.8) is 0 Å². The summed E-state index contributed by atoms with van der Waals surface area (Å²) in [7, 11) is 0. The molecule has 1 aromatic carbocycles. The van der Waals surface area contributed by atoms with Gasteiger partial charge in [0.1, 0.15) is 5.75 Å². The molecule has 0 spiro atoms. The van der Waals surface area contributed by atoms with Crippen LogP contribution in [-0.4, -0.2) is 3.61 Å². The number of fused-ring (bicyclic) bond motifs is 1. The second-order valence-electron chi connectivity index (χ2n) is 3.10. The third-order valence-corrected chi connectivity index (χ3v) is 3.01. The van der Waals surface area contributed by atoms with Crippen LogP contribution >= 0.6 is 22.6 Å². The number of hydrogen-bond acceptors (Lipinski definition) is 2. The first-order valence-corrected chi connectivity index (χ1v) is 4.91. The summed E-state index contributed by atoms with van der Waals surface area (Å²) >= 11 is 2.24. The van der Waals surface area contributed by atoms with E-state index in [1.165, 1.54) is 0 Å². The minimum Gasteiger partial charge on any atom is -0.475 e. The van der Waals surface area contributed by atoms with Crippen LogP contribution in [0.1, 0.15) is 18.5 Å². The van der Waals surface area contributed by atoms with Crippen LogP contribution in [-0.2, 0) is 0 Å². The molecule has 64 valence electrons. The number of alkyl halides is 1. The van der Waals surface area contributed by atoms with Gasteiger partial charge in [-0.25, -0.2) is 0 Å². The van der Waals surface area contributed by atoms with Crippen molar-refractivity contribution in [2.24, 2.45) is 5.73 Å². The summed E-state index contributed by atoms with van der Waals surface area (Å²) in [6.07, 6.45) is 0. The van der Waals surface area contributed by atoms with E-state index in [-0.39, 0.29) is 9.65 Å². The van der Waals surface area contributed by atoms with E-state index < -0.39 is 0 Å². The van der Waals surface area contributed by atoms with Crippen LogP contribution < -0.4 is 10.5 Å². The Hall–Kier alpha value is -0.290. The predicted octanol–water partition coefficient (Wildman–Crippen LogP) is 2.23. The molecular formula is C9H10INO. The number of nitrogens with two attached hydrogens (primary N) is 1. The van der Waals surface area contributed by atoms with Crippen molar-refractivity contribution < 1.29 is 4.74 Å². The third kappa shape index (κ3) is 1.11. The van der Waals surface area contributed by atoms with Gasteiger partial charge < -0.3 is 10.5 Å². The molecule has 1 aliphatic rings. The Morgan fingerprint density at radius 3 is 2.83 bits per heavy atom. The maximum atomic E-state index is 5.99. The number of hydrogen-bond donors (Lipinski definition) is 1. The Morgan fingerprint density at radius 1 is 1.50 bits per heavy atom. The van der Waals surface area contributed by atoms with Crippen LogP contribution in [0.5, 0.6) is 5.75 Å². The summed E-state index contributed by atoms with van der Waals surface area (Å²) < 4.78 is 5.38. The second kappa shape index (κ2) is 2.60. The molecule has 0 saturated heterocycles. The Bertz CT molecular complexity index is 311. The molecule has 2 rings (SSSR count). The van der Waals surface area contributed by atoms with E-state index in [0.717, 1.165) is 11.3 Å². The lowest BCUT2D eigenvalue weighted by Crippen LogP contribution is -2.31. The molecule has 3 heteroatoms. The van der Waals surface area contributed by atoms with Crippen molar-refractivity contribution in [2.45, 2.75) is 16.6 Å². The molecule has 12 heavy (non-hydrogen) atoms. The first-order valence-electron chi connectivity index (χ1n) is 3.84. The number of halogens is 1. The standard InChI is InChI=1S/C9H10INO/c1-9(10)8(11)6-4-2-3-5-7(6)12-9/h2-5,8H,11H2,1H3/t8-,9?/m1/s1. The molecule has 0 amide bonds. The lowest BCUT2D eigenvalue weighted by Gasteiger charge is -2.20. The van der Waals surface area contributed by atoms with Crippen molar-refractivity contribution in [1.82, 2.24) is 0 Å². The highest BCUT2D eigenvalue weighted by atomic mass is 127. The molecule has 1 heterocycles. The lowest BCUT2D eigenvalue weighted by atomic mass is 10.1. The molecule has 0 aliphatic carbocycles. The molecule has 0 fully saturated rings. The van der Waals surface area contributed by atoms with Crippen molar-refractivity contribution in [2.75, 3.05) is 0 Å². The monoisotopic (exact) mass is 275 g/mol. The quantitative estimate of drug-likeness (QED) is 0.582. The number of benzene rings is 1. The SMILES string of the molecule is CC1(I)Oc2ccccc2[C@H]1N. The van der Waals surface area contributed by atoms with Gasteiger partial charge in [-0.1, -0.05) is 18.2 Å². The van der Waals surface area contributed by atoms with Crippen LogP contribution in [0.3, 0.4) is 0 Å². The highest BCUT2D eigenvalue weighted by Crippen LogP contribution is 2.44. The van der Waals surface area contributed by atoms with Crippen LogP contribution in [0.2, 0.25) is 0 Å². The van der Waals surface area contributed by atoms with E-state index in [1.807, 2.05) is 31.2 Å². The number of rotatable bonds is 0. The Kier molecular flexibility index (Phi) is 1.80. The highest BCUT2D eigenvalue weighted by Gasteiger charge is 2.39. The summed E-state index contributed by atoms with van der Waals surface area (Å²) in [4.78, 5) is 0. The van der Waals surface area contributed by atoms with Gasteiger partial charge in [-0.05, 0) is 35.6 Å². The average molecular weight is 275 g/mol. The molecule has 2 atom stereocenters. The van der Waals surface area contributed by atoms with Crippen molar-refractivity contribution >= 4 is 22.6 Å². The van der Waals surface area contributed by atoms with Gasteiger partial charge in [0, 0.05) is 5.56 Å². The number of para-hydroxylation sites is 1. The molecule has 0 saturated carbocycles. The van der Waals surface area contributed by atoms with E-state index in [9.17, 15) is 0 Å². The molecule has 0 radical (unpaired) electrons. The fourth-order valence-corrected chi connectivity index (χ4v) is 1.96. The van der Waals surface area contributed by atoms with Crippen LogP contribution in [0.15, 0.2) is 24.3 Å². The summed E-state index contributed by atoms with van der Waals surface area (Å²) in [6, 6.07) is 7.90. The second-order valence-corrected chi connectivity index (χ2v) is 5.25. The molecule has 0 aromatic heterocycles. The Morgan fingerprint density at radius 2 is 2.17 bits per heavy atom. The van der Waals surface area contributed by atoms with Crippen LogP contribution in [0.4, 0.5) is 0 Å². The average Bonchev–Trinajstić information content (AvgIpc) is 2.24. The molecular weight excluding hydrogens is 265 g/mol. The van der Waals surface area contributed by atoms with Crippen molar-refractivity contribution in [3.8, 4) is 5.75 Å². The Balaban J connectivity index is 2.49. The van der Waals surface area contributed by atoms with Gasteiger partial charge in [0.05, 0.1) is 6.04 Å². The van der Waals surface area contributed by atoms with Crippen LogP contribution in [0.25, 0.3) is 0 Å². The van der Waals surface area contributed by atoms with Gasteiger partial charge in [-0.15, -0.1) is 0 Å². The minimum atomic E-state index is -0.290. The first kappa shape index (κ1) is 8.31. The van der Waals surface area contributed by atoms with E-state index in [2.05, 4.69) is 22.6 Å². The van der Waals surface area contributed by atoms with E-state index in [0.29, 0.717) is 0 Å². The summed E-state index contributed by atoms with van der Waals surface area (Å²) in [5.41, 5.74) is 7.10. The lowest BCUT2D eigenvalue weighted by molar-refractivity contribution is 0.210. The molecule has 1 aromatic rings. The first-order chi connectivity index (χ1) is 5.61. The summed E-state index contributed by atoms with van der Waals surface area (Å²) in [5.74, 6) is 0.918. The Labute approximate surface area is 85.2 Å². The van der Waals surface area contributed by atoms with Gasteiger partial charge in [-0.3, -0.25) is 0 Å². The molecule has 1 aliphatic heterocycles. The van der Waals surface area contributed by atoms with E-state index in [1.54, 1.807) is 0 Å². The normalized spacial score (nSPS) is 32.8. The van der Waals surface area contributed by atoms with Crippen LogP contribution in [0, 0.1) is 0 Å². The van der Waals surface area contributed by atoms with Crippen molar-refractivity contribution in [1.29, 1.82) is 0 Å².